The SMILES string of the molecule is CCOC(=O)CCCCCC(=O)c1ccc(F)cc1F. The number of ketones is 1. The number of benzene rings is 1. The minimum absolute atomic E-state index is 0.0863. The van der Waals surface area contributed by atoms with Gasteiger partial charge in [0.15, 0.2) is 5.78 Å². The Bertz CT molecular complexity index is 472. The van der Waals surface area contributed by atoms with E-state index in [1.54, 1.807) is 6.92 Å². The van der Waals surface area contributed by atoms with Crippen molar-refractivity contribution in [1.82, 2.24) is 0 Å². The summed E-state index contributed by atoms with van der Waals surface area (Å²) < 4.78 is 30.8. The molecule has 110 valence electrons. The molecule has 20 heavy (non-hydrogen) atoms. The number of Topliss-reactive ketones (excluding diaryl/α,β-unsaturated/α-hetero) is 1. The second-order valence-corrected chi connectivity index (χ2v) is 4.41. The molecule has 0 unspecified atom stereocenters. The number of esters is 1. The lowest BCUT2D eigenvalue weighted by Gasteiger charge is -2.03. The molecule has 0 heterocycles. The van der Waals surface area contributed by atoms with E-state index in [0.29, 0.717) is 38.4 Å². The van der Waals surface area contributed by atoms with Gasteiger partial charge in [0.05, 0.1) is 12.2 Å². The van der Waals surface area contributed by atoms with Crippen LogP contribution in [0.25, 0.3) is 0 Å². The summed E-state index contributed by atoms with van der Waals surface area (Å²) in [5.41, 5.74) is -0.0863. The Hall–Kier alpha value is -1.78. The van der Waals surface area contributed by atoms with Crippen molar-refractivity contribution in [3.05, 3.63) is 35.4 Å². The molecule has 1 aromatic carbocycles. The van der Waals surface area contributed by atoms with Gasteiger partial charge in [0.1, 0.15) is 11.6 Å². The van der Waals surface area contributed by atoms with E-state index in [2.05, 4.69) is 0 Å². The van der Waals surface area contributed by atoms with Gasteiger partial charge in [-0.1, -0.05) is 6.42 Å². The minimum Gasteiger partial charge on any atom is -0.466 e. The molecule has 1 aromatic rings. The molecule has 1 rings (SSSR count). The third kappa shape index (κ3) is 5.47. The summed E-state index contributed by atoms with van der Waals surface area (Å²) in [6.07, 6.45) is 2.40. The molecule has 0 aliphatic heterocycles. The van der Waals surface area contributed by atoms with E-state index in [1.165, 1.54) is 0 Å². The van der Waals surface area contributed by atoms with Gasteiger partial charge in [-0.3, -0.25) is 9.59 Å². The molecule has 0 aromatic heterocycles. The first-order valence-corrected chi connectivity index (χ1v) is 6.68. The molecule has 0 N–H and O–H groups in total. The maximum atomic E-state index is 13.3. The topological polar surface area (TPSA) is 43.4 Å². The van der Waals surface area contributed by atoms with E-state index in [4.69, 9.17) is 4.74 Å². The predicted molar refractivity (Wildman–Crippen MR) is 70.4 cm³/mol. The van der Waals surface area contributed by atoms with E-state index in [9.17, 15) is 18.4 Å². The second-order valence-electron chi connectivity index (χ2n) is 4.41. The van der Waals surface area contributed by atoms with Gasteiger partial charge < -0.3 is 4.74 Å². The first-order valence-electron chi connectivity index (χ1n) is 6.68. The lowest BCUT2D eigenvalue weighted by Crippen LogP contribution is -2.04. The fourth-order valence-electron chi connectivity index (χ4n) is 1.82. The van der Waals surface area contributed by atoms with Crippen LogP contribution in [0.3, 0.4) is 0 Å². The number of carbonyl (C=O) groups is 2. The van der Waals surface area contributed by atoms with E-state index in [1.807, 2.05) is 0 Å². The van der Waals surface area contributed by atoms with Crippen LogP contribution in [0.15, 0.2) is 18.2 Å². The molecule has 0 amide bonds. The lowest BCUT2D eigenvalue weighted by atomic mass is 10.0. The summed E-state index contributed by atoms with van der Waals surface area (Å²) in [4.78, 5) is 22.8. The van der Waals surface area contributed by atoms with Gasteiger partial charge in [0.2, 0.25) is 0 Å². The minimum atomic E-state index is -0.832. The molecule has 0 aliphatic carbocycles. The van der Waals surface area contributed by atoms with Gasteiger partial charge in [-0.2, -0.15) is 0 Å². The second kappa shape index (κ2) is 8.40. The number of rotatable bonds is 8. The average Bonchev–Trinajstić information content (AvgIpc) is 2.38. The van der Waals surface area contributed by atoms with Crippen LogP contribution < -0.4 is 0 Å². The molecule has 0 spiro atoms. The largest absolute Gasteiger partial charge is 0.466 e. The van der Waals surface area contributed by atoms with Crippen LogP contribution >= 0.6 is 0 Å². The van der Waals surface area contributed by atoms with E-state index < -0.39 is 11.6 Å². The van der Waals surface area contributed by atoms with Crippen LogP contribution in [0.4, 0.5) is 8.78 Å². The highest BCUT2D eigenvalue weighted by Crippen LogP contribution is 2.14. The normalized spacial score (nSPS) is 10.3. The van der Waals surface area contributed by atoms with E-state index in [0.717, 1.165) is 12.1 Å². The fourth-order valence-corrected chi connectivity index (χ4v) is 1.82. The van der Waals surface area contributed by atoms with Crippen molar-refractivity contribution < 1.29 is 23.1 Å². The van der Waals surface area contributed by atoms with Gasteiger partial charge in [-0.05, 0) is 31.9 Å². The molecule has 0 aliphatic rings. The first-order chi connectivity index (χ1) is 9.54. The number of hydrogen-bond acceptors (Lipinski definition) is 3. The Balaban J connectivity index is 2.28. The van der Waals surface area contributed by atoms with Gasteiger partial charge in [-0.15, -0.1) is 0 Å². The Morgan fingerprint density at radius 3 is 2.45 bits per heavy atom. The maximum Gasteiger partial charge on any atom is 0.305 e. The summed E-state index contributed by atoms with van der Waals surface area (Å²) in [6, 6.07) is 2.93. The standard InChI is InChI=1S/C15H18F2O3/c1-2-20-15(19)7-5-3-4-6-14(18)12-9-8-11(16)10-13(12)17/h8-10H,2-7H2,1H3. The monoisotopic (exact) mass is 284 g/mol. The van der Waals surface area contributed by atoms with Gasteiger partial charge >= 0.3 is 5.97 Å². The highest BCUT2D eigenvalue weighted by molar-refractivity contribution is 5.96. The first kappa shape index (κ1) is 16.3. The number of hydrogen-bond donors (Lipinski definition) is 0. The average molecular weight is 284 g/mol. The molecular formula is C15H18F2O3. The molecule has 0 bridgehead atoms. The zero-order chi connectivity index (χ0) is 15.0. The number of carbonyl (C=O) groups excluding carboxylic acids is 2. The molecule has 0 atom stereocenters. The van der Waals surface area contributed by atoms with Gasteiger partial charge in [0.25, 0.3) is 0 Å². The van der Waals surface area contributed by atoms with Crippen molar-refractivity contribution in [2.45, 2.75) is 39.0 Å². The van der Waals surface area contributed by atoms with Crippen molar-refractivity contribution in [3.8, 4) is 0 Å². The van der Waals surface area contributed by atoms with Crippen molar-refractivity contribution in [2.24, 2.45) is 0 Å². The zero-order valence-electron chi connectivity index (χ0n) is 11.5. The highest BCUT2D eigenvalue weighted by atomic mass is 19.1. The smallest absolute Gasteiger partial charge is 0.305 e. The van der Waals surface area contributed by atoms with Gasteiger partial charge in [0, 0.05) is 18.9 Å². The molecule has 0 saturated carbocycles. The zero-order valence-corrected chi connectivity index (χ0v) is 11.5. The summed E-state index contributed by atoms with van der Waals surface area (Å²) in [7, 11) is 0. The van der Waals surface area contributed by atoms with Crippen LogP contribution in [-0.4, -0.2) is 18.4 Å². The van der Waals surface area contributed by atoms with Crippen LogP contribution in [-0.2, 0) is 9.53 Å². The quantitative estimate of drug-likeness (QED) is 0.415. The summed E-state index contributed by atoms with van der Waals surface area (Å²) in [6.45, 7) is 2.11. The van der Waals surface area contributed by atoms with Crippen LogP contribution in [0.5, 0.6) is 0 Å². The Morgan fingerprint density at radius 2 is 1.80 bits per heavy atom. The molecule has 5 heteroatoms. The summed E-state index contributed by atoms with van der Waals surface area (Å²) in [5, 5.41) is 0. The third-order valence-electron chi connectivity index (χ3n) is 2.82. The van der Waals surface area contributed by atoms with E-state index in [-0.39, 0.29) is 23.7 Å². The molecule has 0 radical (unpaired) electrons. The van der Waals surface area contributed by atoms with Gasteiger partial charge in [-0.25, -0.2) is 8.78 Å². The molecule has 0 saturated heterocycles. The maximum absolute atomic E-state index is 13.3. The third-order valence-corrected chi connectivity index (χ3v) is 2.82. The van der Waals surface area contributed by atoms with Crippen LogP contribution in [0.1, 0.15) is 49.4 Å². The fraction of sp³-hybridized carbons (Fsp3) is 0.467. The summed E-state index contributed by atoms with van der Waals surface area (Å²) in [5.74, 6) is -2.13. The predicted octanol–water partition coefficient (Wildman–Crippen LogP) is 3.66. The lowest BCUT2D eigenvalue weighted by molar-refractivity contribution is -0.143. The van der Waals surface area contributed by atoms with Crippen molar-refractivity contribution in [3.63, 3.8) is 0 Å². The van der Waals surface area contributed by atoms with E-state index >= 15 is 0 Å². The molecular weight excluding hydrogens is 266 g/mol. The highest BCUT2D eigenvalue weighted by Gasteiger charge is 2.12. The Kier molecular flexibility index (Phi) is 6.84. The Morgan fingerprint density at radius 1 is 1.10 bits per heavy atom. The number of unbranched alkanes of at least 4 members (excludes halogenated alkanes) is 2. The number of halogens is 2. The van der Waals surface area contributed by atoms with Crippen LogP contribution in [0, 0.1) is 11.6 Å². The van der Waals surface area contributed by atoms with Crippen molar-refractivity contribution in [1.29, 1.82) is 0 Å². The summed E-state index contributed by atoms with van der Waals surface area (Å²) >= 11 is 0. The Labute approximate surface area is 116 Å². The van der Waals surface area contributed by atoms with Crippen molar-refractivity contribution >= 4 is 11.8 Å². The molecule has 3 nitrogen and oxygen atoms in total. The number of ether oxygens (including phenoxy) is 1. The van der Waals surface area contributed by atoms with Crippen LogP contribution in [0.2, 0.25) is 0 Å². The van der Waals surface area contributed by atoms with Crippen molar-refractivity contribution in [2.75, 3.05) is 6.61 Å². The molecule has 0 fully saturated rings.